The fraction of sp³-hybridized carbons (Fsp3) is 0.962. The van der Waals surface area contributed by atoms with E-state index in [4.69, 9.17) is 5.73 Å². The second-order valence-electron chi connectivity index (χ2n) is 10.8. The Morgan fingerprint density at radius 1 is 0.724 bits per heavy atom. The van der Waals surface area contributed by atoms with Crippen LogP contribution in [0.3, 0.4) is 0 Å². The second kappa shape index (κ2) is 15.4. The van der Waals surface area contributed by atoms with Crippen LogP contribution in [-0.4, -0.2) is 24.9 Å². The number of aldehydes is 1. The summed E-state index contributed by atoms with van der Waals surface area (Å²) in [5.41, 5.74) is 5.95. The van der Waals surface area contributed by atoms with Crippen LogP contribution in [0.5, 0.6) is 0 Å². The topological polar surface area (TPSA) is 55.1 Å². The third kappa shape index (κ3) is 9.96. The molecule has 3 N–H and O–H groups in total. The van der Waals surface area contributed by atoms with Crippen LogP contribution >= 0.6 is 0 Å². The maximum Gasteiger partial charge on any atom is 0.136 e. The first kappa shape index (κ1) is 30.8. The van der Waals surface area contributed by atoms with Crippen molar-refractivity contribution in [2.24, 2.45) is 46.7 Å². The van der Waals surface area contributed by atoms with Crippen LogP contribution in [0.4, 0.5) is 0 Å². The molecule has 3 heteroatoms. The molecule has 0 bridgehead atoms. The van der Waals surface area contributed by atoms with E-state index < -0.39 is 0 Å². The predicted octanol–water partition coefficient (Wildman–Crippen LogP) is 6.55. The van der Waals surface area contributed by atoms with Gasteiger partial charge in [0.15, 0.2) is 0 Å². The van der Waals surface area contributed by atoms with Gasteiger partial charge in [-0.25, -0.2) is 0 Å². The number of carbonyl (C=O) groups excluding carboxylic acids is 1. The molecule has 0 aromatic heterocycles. The Hall–Kier alpha value is -0.410. The molecule has 176 valence electrons. The highest BCUT2D eigenvalue weighted by Crippen LogP contribution is 2.48. The summed E-state index contributed by atoms with van der Waals surface area (Å²) in [4.78, 5) is 11.0. The second-order valence-corrected chi connectivity index (χ2v) is 10.8. The molecule has 3 nitrogen and oxygen atoms in total. The van der Waals surface area contributed by atoms with E-state index in [1.807, 2.05) is 0 Å². The van der Waals surface area contributed by atoms with Crippen molar-refractivity contribution >= 4 is 6.29 Å². The average molecular weight is 413 g/mol. The Bertz CT molecular complexity index is 354. The zero-order valence-corrected chi connectivity index (χ0v) is 22.0. The summed E-state index contributed by atoms with van der Waals surface area (Å²) in [6.07, 6.45) is 3.96. The minimum absolute atomic E-state index is 0.0126. The summed E-state index contributed by atoms with van der Waals surface area (Å²) in [6, 6.07) is 0.398. The highest BCUT2D eigenvalue weighted by molar-refractivity contribution is 5.57. The van der Waals surface area contributed by atoms with Gasteiger partial charge < -0.3 is 15.8 Å². The van der Waals surface area contributed by atoms with Crippen LogP contribution < -0.4 is 11.1 Å². The predicted molar refractivity (Wildman–Crippen MR) is 131 cm³/mol. The number of carbonyl (C=O) groups is 1. The third-order valence-corrected chi connectivity index (χ3v) is 6.98. The van der Waals surface area contributed by atoms with E-state index in [-0.39, 0.29) is 6.04 Å². The lowest BCUT2D eigenvalue weighted by Crippen LogP contribution is -2.45. The normalized spacial score (nSPS) is 13.8. The first-order chi connectivity index (χ1) is 13.3. The smallest absolute Gasteiger partial charge is 0.136 e. The zero-order chi connectivity index (χ0) is 23.4. The SMILES string of the molecule is CC(C)C(C(C)C)(C(C)C)C(C)C.CC(C)C(N[C@H](C=O)CCCCN)C(C)C. The molecule has 0 aromatic carbocycles. The van der Waals surface area contributed by atoms with Crippen molar-refractivity contribution in [3.63, 3.8) is 0 Å². The zero-order valence-electron chi connectivity index (χ0n) is 22.0. The van der Waals surface area contributed by atoms with Crippen molar-refractivity contribution in [3.05, 3.63) is 0 Å². The Balaban J connectivity index is 0. The molecule has 0 radical (unpaired) electrons. The summed E-state index contributed by atoms with van der Waals surface area (Å²) < 4.78 is 0. The maximum absolute atomic E-state index is 11.0. The lowest BCUT2D eigenvalue weighted by molar-refractivity contribution is -0.110. The largest absolute Gasteiger partial charge is 0.330 e. The van der Waals surface area contributed by atoms with Gasteiger partial charge in [-0.2, -0.15) is 0 Å². The van der Waals surface area contributed by atoms with Crippen molar-refractivity contribution in [2.45, 2.75) is 114 Å². The molecular weight excluding hydrogens is 356 g/mol. The van der Waals surface area contributed by atoms with E-state index in [0.29, 0.717) is 29.8 Å². The maximum atomic E-state index is 11.0. The van der Waals surface area contributed by atoms with Crippen molar-refractivity contribution in [1.29, 1.82) is 0 Å². The fourth-order valence-corrected chi connectivity index (χ4v) is 6.10. The lowest BCUT2D eigenvalue weighted by Gasteiger charge is -2.49. The molecule has 0 saturated heterocycles. The van der Waals surface area contributed by atoms with Crippen LogP contribution in [0.15, 0.2) is 0 Å². The summed E-state index contributed by atoms with van der Waals surface area (Å²) in [5, 5.41) is 3.45. The number of hydrogen-bond acceptors (Lipinski definition) is 3. The minimum Gasteiger partial charge on any atom is -0.330 e. The molecule has 0 rings (SSSR count). The quantitative estimate of drug-likeness (QED) is 0.266. The van der Waals surface area contributed by atoms with Gasteiger partial charge in [0.1, 0.15) is 6.29 Å². The molecule has 0 fully saturated rings. The molecule has 0 saturated carbocycles. The van der Waals surface area contributed by atoms with Crippen molar-refractivity contribution in [3.8, 4) is 0 Å². The first-order valence-corrected chi connectivity index (χ1v) is 12.2. The number of nitrogens with two attached hydrogens (primary N) is 1. The molecule has 0 spiro atoms. The average Bonchev–Trinajstić information content (AvgIpc) is 2.56. The minimum atomic E-state index is -0.0126. The highest BCUT2D eigenvalue weighted by Gasteiger charge is 2.42. The van der Waals surface area contributed by atoms with Gasteiger partial charge in [-0.3, -0.25) is 0 Å². The molecule has 29 heavy (non-hydrogen) atoms. The lowest BCUT2D eigenvalue weighted by atomic mass is 9.56. The molecule has 0 unspecified atom stereocenters. The number of nitrogens with one attached hydrogen (secondary N) is 1. The van der Waals surface area contributed by atoms with E-state index >= 15 is 0 Å². The Kier molecular flexibility index (Phi) is 16.3. The summed E-state index contributed by atoms with van der Waals surface area (Å²) in [6.45, 7) is 28.5. The molecule has 1 atom stereocenters. The van der Waals surface area contributed by atoms with Gasteiger partial charge in [0.2, 0.25) is 0 Å². The van der Waals surface area contributed by atoms with E-state index in [1.54, 1.807) is 0 Å². The van der Waals surface area contributed by atoms with E-state index in [0.717, 1.165) is 49.2 Å². The van der Waals surface area contributed by atoms with Crippen molar-refractivity contribution in [1.82, 2.24) is 5.32 Å². The highest BCUT2D eigenvalue weighted by atomic mass is 16.1. The van der Waals surface area contributed by atoms with Gasteiger partial charge >= 0.3 is 0 Å². The number of hydrogen-bond donors (Lipinski definition) is 2. The van der Waals surface area contributed by atoms with Gasteiger partial charge in [-0.15, -0.1) is 0 Å². The molecule has 0 aliphatic carbocycles. The summed E-state index contributed by atoms with van der Waals surface area (Å²) in [5.74, 6) is 4.19. The van der Waals surface area contributed by atoms with E-state index in [9.17, 15) is 4.79 Å². The van der Waals surface area contributed by atoms with Crippen LogP contribution in [0, 0.1) is 40.9 Å². The van der Waals surface area contributed by atoms with Gasteiger partial charge in [0.05, 0.1) is 6.04 Å². The molecule has 0 aliphatic heterocycles. The molecule has 0 aromatic rings. The van der Waals surface area contributed by atoms with Crippen LogP contribution in [0.1, 0.15) is 102 Å². The van der Waals surface area contributed by atoms with Crippen molar-refractivity contribution < 1.29 is 4.79 Å². The van der Waals surface area contributed by atoms with Gasteiger partial charge in [-0.05, 0) is 60.3 Å². The van der Waals surface area contributed by atoms with Crippen LogP contribution in [0.2, 0.25) is 0 Å². The molecule has 0 amide bonds. The Morgan fingerprint density at radius 3 is 1.31 bits per heavy atom. The molecule has 0 aliphatic rings. The molecular formula is C26H56N2O. The fourth-order valence-electron chi connectivity index (χ4n) is 6.10. The Labute approximate surface area is 184 Å². The van der Waals surface area contributed by atoms with E-state index in [1.165, 1.54) is 0 Å². The standard InChI is InChI=1S/C13H28N2O.C13H28/c1-10(2)13(11(3)4)15-12(9-16)7-5-6-8-14;1-9(2)13(10(3)4,11(5)6)12(7)8/h9-13,15H,5-8,14H2,1-4H3;9-12H,1-8H3/t12-;/m0./s1. The van der Waals surface area contributed by atoms with Gasteiger partial charge in [-0.1, -0.05) is 89.5 Å². The summed E-state index contributed by atoms with van der Waals surface area (Å²) in [7, 11) is 0. The monoisotopic (exact) mass is 412 g/mol. The van der Waals surface area contributed by atoms with Crippen LogP contribution in [-0.2, 0) is 4.79 Å². The van der Waals surface area contributed by atoms with Crippen LogP contribution in [0.25, 0.3) is 0 Å². The van der Waals surface area contributed by atoms with Gasteiger partial charge in [0, 0.05) is 6.04 Å². The number of unbranched alkanes of at least 4 members (excludes halogenated alkanes) is 1. The van der Waals surface area contributed by atoms with E-state index in [2.05, 4.69) is 88.4 Å². The number of rotatable bonds is 13. The third-order valence-electron chi connectivity index (χ3n) is 6.98. The first-order valence-electron chi connectivity index (χ1n) is 12.2. The van der Waals surface area contributed by atoms with Crippen molar-refractivity contribution in [2.75, 3.05) is 6.54 Å². The van der Waals surface area contributed by atoms with Gasteiger partial charge in [0.25, 0.3) is 0 Å². The summed E-state index contributed by atoms with van der Waals surface area (Å²) >= 11 is 0. The Morgan fingerprint density at radius 2 is 1.10 bits per heavy atom. The molecule has 0 heterocycles.